The predicted octanol–water partition coefficient (Wildman–Crippen LogP) is 2.75. The van der Waals surface area contributed by atoms with Crippen molar-refractivity contribution in [2.75, 3.05) is 0 Å². The number of nitro benzene ring substituents is 1. The topological polar surface area (TPSA) is 135 Å². The van der Waals surface area contributed by atoms with Crippen molar-refractivity contribution in [1.82, 2.24) is 15.0 Å². The molecule has 0 spiro atoms. The van der Waals surface area contributed by atoms with E-state index in [1.54, 1.807) is 0 Å². The van der Waals surface area contributed by atoms with Crippen LogP contribution in [0.5, 0.6) is 17.2 Å². The van der Waals surface area contributed by atoms with Crippen LogP contribution < -0.4 is 0 Å². The number of rotatable bonds is 3. The Balaban J connectivity index is 2.11. The van der Waals surface area contributed by atoms with Gasteiger partial charge < -0.3 is 15.3 Å². The lowest BCUT2D eigenvalue weighted by atomic mass is 10.1. The van der Waals surface area contributed by atoms with Gasteiger partial charge in [0.1, 0.15) is 10.7 Å². The summed E-state index contributed by atoms with van der Waals surface area (Å²) in [5, 5.41) is 46.7. The molecule has 3 N–H and O–H groups in total. The van der Waals surface area contributed by atoms with Gasteiger partial charge in [0, 0.05) is 11.6 Å². The standard InChI is InChI=1S/C14H8ClFN4O5/c15-12-9(4-11(22)14(23)13(12)20(24)25)19-5-8(17-18-19)6-1-2-7(16)10(21)3-6/h1-5,21-23H. The van der Waals surface area contributed by atoms with E-state index in [1.807, 2.05) is 0 Å². The van der Waals surface area contributed by atoms with Gasteiger partial charge in [0.25, 0.3) is 0 Å². The summed E-state index contributed by atoms with van der Waals surface area (Å²) in [6, 6.07) is 4.49. The number of phenolic OH excluding ortho intramolecular Hbond substituents is 3. The Kier molecular flexibility index (Phi) is 3.89. The summed E-state index contributed by atoms with van der Waals surface area (Å²) in [6.07, 6.45) is 1.30. The van der Waals surface area contributed by atoms with Crippen molar-refractivity contribution >= 4 is 17.3 Å². The van der Waals surface area contributed by atoms with Crippen molar-refractivity contribution in [3.8, 4) is 34.2 Å². The fourth-order valence-corrected chi connectivity index (χ4v) is 2.43. The average molecular weight is 367 g/mol. The third kappa shape index (κ3) is 2.78. The van der Waals surface area contributed by atoms with Crippen LogP contribution in [0.1, 0.15) is 0 Å². The van der Waals surface area contributed by atoms with Crippen molar-refractivity contribution in [1.29, 1.82) is 0 Å². The van der Waals surface area contributed by atoms with Crippen LogP contribution in [0.15, 0.2) is 30.5 Å². The van der Waals surface area contributed by atoms with Crippen LogP contribution in [0.4, 0.5) is 10.1 Å². The SMILES string of the molecule is O=[N+]([O-])c1c(O)c(O)cc(-n2cc(-c3ccc(F)c(O)c3)nn2)c1Cl. The van der Waals surface area contributed by atoms with Gasteiger partial charge in [-0.05, 0) is 18.2 Å². The average Bonchev–Trinajstić information content (AvgIpc) is 3.03. The molecule has 11 heteroatoms. The summed E-state index contributed by atoms with van der Waals surface area (Å²) in [5.41, 5.74) is -0.442. The highest BCUT2D eigenvalue weighted by Crippen LogP contribution is 2.44. The molecular formula is C14H8ClFN4O5. The molecule has 3 aromatic rings. The molecule has 1 aromatic heterocycles. The summed E-state index contributed by atoms with van der Waals surface area (Å²) < 4.78 is 14.1. The molecule has 0 saturated heterocycles. The monoisotopic (exact) mass is 366 g/mol. The molecule has 0 aliphatic carbocycles. The van der Waals surface area contributed by atoms with Crippen LogP contribution in [0.25, 0.3) is 16.9 Å². The first kappa shape index (κ1) is 16.5. The Morgan fingerprint density at radius 2 is 1.92 bits per heavy atom. The number of nitrogens with zero attached hydrogens (tertiary/aromatic N) is 4. The van der Waals surface area contributed by atoms with Crippen LogP contribution in [-0.4, -0.2) is 35.2 Å². The zero-order chi connectivity index (χ0) is 18.3. The number of phenols is 3. The molecule has 0 bridgehead atoms. The Labute approximate surface area is 143 Å². The zero-order valence-electron chi connectivity index (χ0n) is 12.1. The second kappa shape index (κ2) is 5.91. The van der Waals surface area contributed by atoms with Crippen molar-refractivity contribution < 1.29 is 24.6 Å². The number of hydrogen-bond donors (Lipinski definition) is 3. The minimum atomic E-state index is -0.970. The van der Waals surface area contributed by atoms with Crippen molar-refractivity contribution in [3.63, 3.8) is 0 Å². The van der Waals surface area contributed by atoms with E-state index in [-0.39, 0.29) is 11.4 Å². The molecular weight excluding hydrogens is 359 g/mol. The number of aromatic nitrogens is 3. The molecule has 0 amide bonds. The molecule has 2 aromatic carbocycles. The number of benzene rings is 2. The molecule has 0 radical (unpaired) electrons. The van der Waals surface area contributed by atoms with Gasteiger partial charge in [0.2, 0.25) is 5.75 Å². The Morgan fingerprint density at radius 3 is 2.56 bits per heavy atom. The highest BCUT2D eigenvalue weighted by atomic mass is 35.5. The van der Waals surface area contributed by atoms with Gasteiger partial charge in [-0.1, -0.05) is 16.8 Å². The van der Waals surface area contributed by atoms with Crippen LogP contribution in [0, 0.1) is 15.9 Å². The molecule has 25 heavy (non-hydrogen) atoms. The molecule has 3 rings (SSSR count). The fraction of sp³-hybridized carbons (Fsp3) is 0. The Bertz CT molecular complexity index is 1010. The van der Waals surface area contributed by atoms with Gasteiger partial charge in [0.15, 0.2) is 17.3 Å². The van der Waals surface area contributed by atoms with Gasteiger partial charge in [-0.2, -0.15) is 0 Å². The normalized spacial score (nSPS) is 10.8. The van der Waals surface area contributed by atoms with Crippen LogP contribution in [-0.2, 0) is 0 Å². The highest BCUT2D eigenvalue weighted by molar-refractivity contribution is 6.35. The molecule has 128 valence electrons. The van der Waals surface area contributed by atoms with E-state index in [0.29, 0.717) is 5.56 Å². The van der Waals surface area contributed by atoms with E-state index in [2.05, 4.69) is 10.3 Å². The number of halogens is 2. The van der Waals surface area contributed by atoms with Gasteiger partial charge in [-0.3, -0.25) is 10.1 Å². The van der Waals surface area contributed by atoms with Gasteiger partial charge in [-0.15, -0.1) is 5.10 Å². The van der Waals surface area contributed by atoms with E-state index < -0.39 is 38.7 Å². The van der Waals surface area contributed by atoms with E-state index in [9.17, 15) is 29.8 Å². The molecule has 9 nitrogen and oxygen atoms in total. The highest BCUT2D eigenvalue weighted by Gasteiger charge is 2.27. The quantitative estimate of drug-likeness (QED) is 0.368. The predicted molar refractivity (Wildman–Crippen MR) is 83.4 cm³/mol. The van der Waals surface area contributed by atoms with Crippen LogP contribution in [0.3, 0.4) is 0 Å². The molecule has 1 heterocycles. The van der Waals surface area contributed by atoms with E-state index in [0.717, 1.165) is 22.9 Å². The maximum atomic E-state index is 13.1. The van der Waals surface area contributed by atoms with E-state index >= 15 is 0 Å². The van der Waals surface area contributed by atoms with Crippen LogP contribution in [0.2, 0.25) is 5.02 Å². The number of hydrogen-bond acceptors (Lipinski definition) is 7. The Hall–Kier alpha value is -3.40. The molecule has 0 fully saturated rings. The van der Waals surface area contributed by atoms with E-state index in [4.69, 9.17) is 11.6 Å². The van der Waals surface area contributed by atoms with Gasteiger partial charge in [0.05, 0.1) is 16.8 Å². The van der Waals surface area contributed by atoms with Gasteiger partial charge >= 0.3 is 5.69 Å². The third-order valence-electron chi connectivity index (χ3n) is 3.34. The first-order valence-corrected chi connectivity index (χ1v) is 6.97. The fourth-order valence-electron chi connectivity index (χ4n) is 2.13. The second-order valence-corrected chi connectivity index (χ2v) is 5.28. The van der Waals surface area contributed by atoms with Crippen molar-refractivity contribution in [2.24, 2.45) is 0 Å². The van der Waals surface area contributed by atoms with Crippen LogP contribution >= 0.6 is 11.6 Å². The smallest absolute Gasteiger partial charge is 0.335 e. The van der Waals surface area contributed by atoms with Crippen molar-refractivity contribution in [3.05, 3.63) is 51.4 Å². The Morgan fingerprint density at radius 1 is 1.20 bits per heavy atom. The minimum absolute atomic E-state index is 0.103. The minimum Gasteiger partial charge on any atom is -0.505 e. The zero-order valence-corrected chi connectivity index (χ0v) is 12.8. The number of nitro groups is 1. The molecule has 0 aliphatic rings. The summed E-state index contributed by atoms with van der Waals surface area (Å²) in [7, 11) is 0. The molecule has 0 saturated carbocycles. The molecule has 0 unspecified atom stereocenters. The largest absolute Gasteiger partial charge is 0.505 e. The lowest BCUT2D eigenvalue weighted by molar-refractivity contribution is -0.385. The summed E-state index contributed by atoms with van der Waals surface area (Å²) >= 11 is 5.93. The summed E-state index contributed by atoms with van der Waals surface area (Å²) in [5.74, 6) is -3.12. The summed E-state index contributed by atoms with van der Waals surface area (Å²) in [6.45, 7) is 0. The van der Waals surface area contributed by atoms with Gasteiger partial charge in [-0.25, -0.2) is 9.07 Å². The lowest BCUT2D eigenvalue weighted by Gasteiger charge is -2.07. The van der Waals surface area contributed by atoms with Crippen molar-refractivity contribution in [2.45, 2.75) is 0 Å². The maximum absolute atomic E-state index is 13.1. The summed E-state index contributed by atoms with van der Waals surface area (Å²) in [4.78, 5) is 10.1. The maximum Gasteiger partial charge on any atom is 0.335 e. The number of aromatic hydroxyl groups is 3. The molecule has 0 atom stereocenters. The third-order valence-corrected chi connectivity index (χ3v) is 3.71. The first-order valence-electron chi connectivity index (χ1n) is 6.60. The lowest BCUT2D eigenvalue weighted by Crippen LogP contribution is -1.99. The van der Waals surface area contributed by atoms with E-state index in [1.165, 1.54) is 12.3 Å². The second-order valence-electron chi connectivity index (χ2n) is 4.90. The molecule has 0 aliphatic heterocycles. The first-order chi connectivity index (χ1) is 11.8.